The van der Waals surface area contributed by atoms with Crippen LogP contribution in [0.5, 0.6) is 0 Å². The number of nitrogens with zero attached hydrogens (tertiary/aromatic N) is 3. The second kappa shape index (κ2) is 7.37. The number of pyridine rings is 1. The van der Waals surface area contributed by atoms with Crippen LogP contribution < -0.4 is 5.32 Å². The van der Waals surface area contributed by atoms with Crippen molar-refractivity contribution in [1.29, 1.82) is 0 Å². The molecule has 2 atom stereocenters. The zero-order chi connectivity index (χ0) is 19.0. The fourth-order valence-electron chi connectivity index (χ4n) is 3.19. The number of aromatic nitrogens is 3. The van der Waals surface area contributed by atoms with Gasteiger partial charge in [-0.3, -0.25) is 4.79 Å². The van der Waals surface area contributed by atoms with E-state index in [0.717, 1.165) is 27.7 Å². The molecule has 2 aromatic heterocycles. The summed E-state index contributed by atoms with van der Waals surface area (Å²) in [6.45, 7) is 0. The van der Waals surface area contributed by atoms with Gasteiger partial charge in [-0.15, -0.1) is 0 Å². The predicted octanol–water partition coefficient (Wildman–Crippen LogP) is 4.14. The van der Waals surface area contributed by atoms with E-state index in [4.69, 9.17) is 11.6 Å². The molecule has 1 N–H and O–H groups in total. The first-order chi connectivity index (χ1) is 13.1. The zero-order valence-corrected chi connectivity index (χ0v) is 16.6. The molecule has 3 aromatic rings. The van der Waals surface area contributed by atoms with Crippen LogP contribution in [-0.2, 0) is 11.8 Å². The van der Waals surface area contributed by atoms with E-state index in [1.54, 1.807) is 25.0 Å². The molecule has 2 unspecified atom stereocenters. The maximum absolute atomic E-state index is 11.7. The summed E-state index contributed by atoms with van der Waals surface area (Å²) in [6.07, 6.45) is 4.38. The molecule has 0 bridgehead atoms. The Morgan fingerprint density at radius 3 is 2.67 bits per heavy atom. The number of imidazole rings is 1. The molecular weight excluding hydrogens is 380 g/mol. The van der Waals surface area contributed by atoms with E-state index in [1.165, 1.54) is 5.56 Å². The molecule has 1 aromatic carbocycles. The Balaban J connectivity index is 1.56. The lowest BCUT2D eigenvalue weighted by molar-refractivity contribution is -0.121. The van der Waals surface area contributed by atoms with Gasteiger partial charge in [0.25, 0.3) is 0 Å². The van der Waals surface area contributed by atoms with Crippen molar-refractivity contribution in [2.24, 2.45) is 13.0 Å². The summed E-state index contributed by atoms with van der Waals surface area (Å²) < 4.78 is 1.99. The molecule has 1 fully saturated rings. The average Bonchev–Trinajstić information content (AvgIpc) is 3.41. The molecule has 1 amide bonds. The summed E-state index contributed by atoms with van der Waals surface area (Å²) >= 11 is 7.48. The molecule has 138 valence electrons. The molecule has 5 nitrogen and oxygen atoms in total. The molecule has 1 saturated carbocycles. The Labute approximate surface area is 167 Å². The Bertz CT molecular complexity index is 969. The quantitative estimate of drug-likeness (QED) is 0.701. The van der Waals surface area contributed by atoms with Gasteiger partial charge in [-0.25, -0.2) is 9.97 Å². The molecule has 0 saturated heterocycles. The van der Waals surface area contributed by atoms with Crippen LogP contribution in [0, 0.1) is 5.92 Å². The molecule has 0 radical (unpaired) electrons. The molecule has 1 aliphatic carbocycles. The SMILES string of the molecule is CNC(=O)C1CC1c1ccc(-c2ncn(C)c2Sc2ccc(Cl)cn2)cc1. The Morgan fingerprint density at radius 2 is 2.00 bits per heavy atom. The van der Waals surface area contributed by atoms with Crippen LogP contribution in [0.4, 0.5) is 0 Å². The summed E-state index contributed by atoms with van der Waals surface area (Å²) in [5.41, 5.74) is 3.18. The lowest BCUT2D eigenvalue weighted by atomic mass is 10.1. The number of carbonyl (C=O) groups is 1. The molecular formula is C20H19ClN4OS. The maximum Gasteiger partial charge on any atom is 0.223 e. The predicted molar refractivity (Wildman–Crippen MR) is 107 cm³/mol. The highest BCUT2D eigenvalue weighted by molar-refractivity contribution is 7.99. The minimum Gasteiger partial charge on any atom is -0.359 e. The number of benzene rings is 1. The zero-order valence-electron chi connectivity index (χ0n) is 15.0. The van der Waals surface area contributed by atoms with Gasteiger partial charge in [-0.2, -0.15) is 0 Å². The van der Waals surface area contributed by atoms with Crippen LogP contribution in [0.25, 0.3) is 11.3 Å². The van der Waals surface area contributed by atoms with E-state index in [2.05, 4.69) is 39.6 Å². The van der Waals surface area contributed by atoms with Crippen LogP contribution in [0.15, 0.2) is 59.0 Å². The van der Waals surface area contributed by atoms with E-state index in [0.29, 0.717) is 10.9 Å². The summed E-state index contributed by atoms with van der Waals surface area (Å²) in [4.78, 5) is 20.7. The molecule has 4 rings (SSSR count). The summed E-state index contributed by atoms with van der Waals surface area (Å²) in [6, 6.07) is 12.1. The smallest absolute Gasteiger partial charge is 0.223 e. The number of amides is 1. The fraction of sp³-hybridized carbons (Fsp3) is 0.250. The number of carbonyl (C=O) groups excluding carboxylic acids is 1. The van der Waals surface area contributed by atoms with E-state index in [1.807, 2.05) is 30.1 Å². The summed E-state index contributed by atoms with van der Waals surface area (Å²) in [5, 5.41) is 5.24. The minimum absolute atomic E-state index is 0.109. The fourth-order valence-corrected chi connectivity index (χ4v) is 4.20. The van der Waals surface area contributed by atoms with Crippen molar-refractivity contribution >= 4 is 29.3 Å². The normalized spacial score (nSPS) is 18.3. The lowest BCUT2D eigenvalue weighted by Crippen LogP contribution is -2.20. The van der Waals surface area contributed by atoms with E-state index in [-0.39, 0.29) is 11.8 Å². The molecule has 27 heavy (non-hydrogen) atoms. The molecule has 1 aliphatic rings. The number of hydrogen-bond donors (Lipinski definition) is 1. The average molecular weight is 399 g/mol. The molecule has 0 spiro atoms. The highest BCUT2D eigenvalue weighted by Crippen LogP contribution is 2.47. The minimum atomic E-state index is 0.109. The Morgan fingerprint density at radius 1 is 1.22 bits per heavy atom. The largest absolute Gasteiger partial charge is 0.359 e. The molecule has 2 heterocycles. The van der Waals surface area contributed by atoms with Gasteiger partial charge < -0.3 is 9.88 Å². The van der Waals surface area contributed by atoms with Gasteiger partial charge in [0, 0.05) is 31.8 Å². The van der Waals surface area contributed by atoms with Crippen molar-refractivity contribution in [2.45, 2.75) is 22.4 Å². The standard InChI is InChI=1S/C20H19ClN4OS/c1-22-19(26)16-9-15(16)12-3-5-13(6-4-12)18-20(25(2)11-24-18)27-17-8-7-14(21)10-23-17/h3-8,10-11,15-16H,9H2,1-2H3,(H,22,26). The van der Waals surface area contributed by atoms with Crippen molar-refractivity contribution in [2.75, 3.05) is 7.05 Å². The van der Waals surface area contributed by atoms with Crippen molar-refractivity contribution < 1.29 is 4.79 Å². The van der Waals surface area contributed by atoms with Crippen molar-refractivity contribution in [3.8, 4) is 11.3 Å². The number of aryl methyl sites for hydroxylation is 1. The van der Waals surface area contributed by atoms with Gasteiger partial charge in [0.15, 0.2) is 0 Å². The van der Waals surface area contributed by atoms with E-state index in [9.17, 15) is 4.79 Å². The van der Waals surface area contributed by atoms with Crippen molar-refractivity contribution in [1.82, 2.24) is 19.9 Å². The first kappa shape index (κ1) is 18.1. The van der Waals surface area contributed by atoms with Crippen LogP contribution in [0.2, 0.25) is 5.02 Å². The third-order valence-corrected chi connectivity index (χ3v) is 6.12. The van der Waals surface area contributed by atoms with Gasteiger partial charge in [-0.05, 0) is 41.8 Å². The van der Waals surface area contributed by atoms with Crippen LogP contribution in [-0.4, -0.2) is 27.5 Å². The first-order valence-corrected chi connectivity index (χ1v) is 9.89. The van der Waals surface area contributed by atoms with Crippen molar-refractivity contribution in [3.05, 3.63) is 59.5 Å². The van der Waals surface area contributed by atoms with Gasteiger partial charge in [0.2, 0.25) is 5.91 Å². The highest BCUT2D eigenvalue weighted by atomic mass is 35.5. The molecule has 0 aliphatic heterocycles. The van der Waals surface area contributed by atoms with Crippen molar-refractivity contribution in [3.63, 3.8) is 0 Å². The van der Waals surface area contributed by atoms with Gasteiger partial charge >= 0.3 is 0 Å². The maximum atomic E-state index is 11.7. The monoisotopic (exact) mass is 398 g/mol. The first-order valence-electron chi connectivity index (χ1n) is 8.69. The number of nitrogens with one attached hydrogen (secondary N) is 1. The van der Waals surface area contributed by atoms with Gasteiger partial charge in [-0.1, -0.05) is 35.9 Å². The Kier molecular flexibility index (Phi) is 4.93. The summed E-state index contributed by atoms with van der Waals surface area (Å²) in [5.74, 6) is 0.565. The third kappa shape index (κ3) is 3.73. The molecule has 7 heteroatoms. The summed E-state index contributed by atoms with van der Waals surface area (Å²) in [7, 11) is 3.66. The van der Waals surface area contributed by atoms with E-state index >= 15 is 0 Å². The second-order valence-corrected chi connectivity index (χ2v) is 8.06. The number of halogens is 1. The van der Waals surface area contributed by atoms with E-state index < -0.39 is 0 Å². The lowest BCUT2D eigenvalue weighted by Gasteiger charge is -2.07. The van der Waals surface area contributed by atoms with Gasteiger partial charge in [0.1, 0.15) is 15.7 Å². The number of hydrogen-bond acceptors (Lipinski definition) is 4. The highest BCUT2D eigenvalue weighted by Gasteiger charge is 2.43. The number of rotatable bonds is 5. The van der Waals surface area contributed by atoms with Crippen LogP contribution >= 0.6 is 23.4 Å². The van der Waals surface area contributed by atoms with Crippen LogP contribution in [0.1, 0.15) is 17.9 Å². The van der Waals surface area contributed by atoms with Gasteiger partial charge in [0.05, 0.1) is 11.3 Å². The van der Waals surface area contributed by atoms with Crippen LogP contribution in [0.3, 0.4) is 0 Å². The third-order valence-electron chi connectivity index (χ3n) is 4.77. The second-order valence-electron chi connectivity index (χ2n) is 6.61. The topological polar surface area (TPSA) is 59.8 Å². The Hall–Kier alpha value is -2.31.